The number of hydrogen-bond acceptors (Lipinski definition) is 5. The van der Waals surface area contributed by atoms with Gasteiger partial charge in [0.15, 0.2) is 16.8 Å². The minimum Gasteiger partial charge on any atom is -0.299 e. The molecule has 0 bridgehead atoms. The van der Waals surface area contributed by atoms with E-state index < -0.39 is 0 Å². The largest absolute Gasteiger partial charge is 0.299 e. The van der Waals surface area contributed by atoms with Gasteiger partial charge in [-0.05, 0) is 67.3 Å². The van der Waals surface area contributed by atoms with Crippen molar-refractivity contribution >= 4 is 17.5 Å². The first kappa shape index (κ1) is 20.4. The molecular weight excluding hydrogens is 404 g/mol. The Morgan fingerprint density at radius 1 is 1.10 bits per heavy atom. The van der Waals surface area contributed by atoms with Crippen LogP contribution in [0.15, 0.2) is 47.9 Å². The third-order valence-electron chi connectivity index (χ3n) is 6.73. The van der Waals surface area contributed by atoms with Gasteiger partial charge < -0.3 is 0 Å². The van der Waals surface area contributed by atoms with Crippen LogP contribution in [0.4, 0.5) is 0 Å². The van der Waals surface area contributed by atoms with E-state index >= 15 is 0 Å². The highest BCUT2D eigenvalue weighted by atomic mass is 32.2. The van der Waals surface area contributed by atoms with Crippen molar-refractivity contribution in [3.05, 3.63) is 59.4 Å². The molecule has 2 heterocycles. The van der Waals surface area contributed by atoms with E-state index in [1.807, 2.05) is 24.4 Å². The summed E-state index contributed by atoms with van der Waals surface area (Å²) in [6, 6.07) is 10.5. The number of aryl methyl sites for hydroxylation is 2. The zero-order valence-electron chi connectivity index (χ0n) is 18.0. The number of carbonyl (C=O) groups is 1. The van der Waals surface area contributed by atoms with Gasteiger partial charge in [0.2, 0.25) is 0 Å². The van der Waals surface area contributed by atoms with E-state index in [-0.39, 0.29) is 5.78 Å². The Labute approximate surface area is 187 Å². The number of nitrogens with zero attached hydrogens (tertiary/aromatic N) is 4. The first-order chi connectivity index (χ1) is 15.2. The molecule has 31 heavy (non-hydrogen) atoms. The van der Waals surface area contributed by atoms with Crippen LogP contribution in [0.1, 0.15) is 66.6 Å². The van der Waals surface area contributed by atoms with Crippen LogP contribution in [0.25, 0.3) is 11.4 Å². The number of rotatable bonds is 6. The topological polar surface area (TPSA) is 60.7 Å². The van der Waals surface area contributed by atoms with E-state index in [9.17, 15) is 4.79 Å². The quantitative estimate of drug-likeness (QED) is 0.377. The zero-order valence-corrected chi connectivity index (χ0v) is 18.8. The number of aromatic nitrogens is 4. The monoisotopic (exact) mass is 432 g/mol. The average Bonchev–Trinajstić information content (AvgIpc) is 3.45. The minimum atomic E-state index is 0.161. The summed E-state index contributed by atoms with van der Waals surface area (Å²) in [5, 5.41) is 9.90. The minimum absolute atomic E-state index is 0.161. The Morgan fingerprint density at radius 2 is 1.97 bits per heavy atom. The van der Waals surface area contributed by atoms with Gasteiger partial charge in [0.25, 0.3) is 0 Å². The lowest BCUT2D eigenvalue weighted by atomic mass is 9.85. The predicted octanol–water partition coefficient (Wildman–Crippen LogP) is 5.56. The summed E-state index contributed by atoms with van der Waals surface area (Å²) >= 11 is 1.51. The molecule has 5 rings (SSSR count). The molecule has 160 valence electrons. The summed E-state index contributed by atoms with van der Waals surface area (Å²) in [6.07, 6.45) is 11.9. The van der Waals surface area contributed by atoms with Gasteiger partial charge in [-0.2, -0.15) is 0 Å². The highest BCUT2D eigenvalue weighted by Gasteiger charge is 2.29. The molecule has 0 saturated heterocycles. The Balaban J connectivity index is 1.41. The smallest absolute Gasteiger partial charge is 0.192 e. The second kappa shape index (κ2) is 8.95. The number of ketones is 1. The van der Waals surface area contributed by atoms with Crippen LogP contribution >= 0.6 is 11.8 Å². The molecule has 6 heteroatoms. The van der Waals surface area contributed by atoms with Crippen LogP contribution in [0.2, 0.25) is 0 Å². The van der Waals surface area contributed by atoms with Crippen LogP contribution in [-0.4, -0.2) is 31.3 Å². The van der Waals surface area contributed by atoms with Crippen LogP contribution in [0, 0.1) is 5.92 Å². The average molecular weight is 433 g/mol. The maximum atomic E-state index is 13.0. The Kier molecular flexibility index (Phi) is 5.90. The molecule has 1 aromatic carbocycles. The van der Waals surface area contributed by atoms with Crippen molar-refractivity contribution in [2.24, 2.45) is 5.92 Å². The van der Waals surface area contributed by atoms with Crippen molar-refractivity contribution < 1.29 is 4.79 Å². The zero-order chi connectivity index (χ0) is 21.2. The molecule has 1 fully saturated rings. The van der Waals surface area contributed by atoms with E-state index in [4.69, 9.17) is 0 Å². The van der Waals surface area contributed by atoms with E-state index in [0.29, 0.717) is 17.7 Å². The molecule has 2 aromatic heterocycles. The molecule has 0 radical (unpaired) electrons. The summed E-state index contributed by atoms with van der Waals surface area (Å²) in [4.78, 5) is 17.2. The molecule has 5 nitrogen and oxygen atoms in total. The van der Waals surface area contributed by atoms with E-state index in [1.54, 1.807) is 6.20 Å². The molecule has 2 aliphatic carbocycles. The van der Waals surface area contributed by atoms with Crippen LogP contribution in [0.3, 0.4) is 0 Å². The van der Waals surface area contributed by atoms with Crippen molar-refractivity contribution in [3.63, 3.8) is 0 Å². The lowest BCUT2D eigenvalue weighted by Gasteiger charge is -2.31. The number of pyridine rings is 1. The van der Waals surface area contributed by atoms with Gasteiger partial charge in [-0.1, -0.05) is 43.7 Å². The van der Waals surface area contributed by atoms with Gasteiger partial charge >= 0.3 is 0 Å². The molecule has 0 N–H and O–H groups in total. The first-order valence-electron chi connectivity index (χ1n) is 11.3. The Hall–Kier alpha value is -2.47. The molecule has 0 spiro atoms. The summed E-state index contributed by atoms with van der Waals surface area (Å²) in [7, 11) is 0. The fourth-order valence-corrected chi connectivity index (χ4v) is 5.89. The highest BCUT2D eigenvalue weighted by molar-refractivity contribution is 7.99. The van der Waals surface area contributed by atoms with Gasteiger partial charge in [-0.3, -0.25) is 14.3 Å². The third-order valence-corrected chi connectivity index (χ3v) is 7.68. The summed E-state index contributed by atoms with van der Waals surface area (Å²) in [5.74, 6) is 1.96. The van der Waals surface area contributed by atoms with E-state index in [1.165, 1.54) is 48.6 Å². The fraction of sp³-hybridized carbons (Fsp3) is 0.440. The van der Waals surface area contributed by atoms with Crippen molar-refractivity contribution in [2.45, 2.75) is 63.1 Å². The van der Waals surface area contributed by atoms with E-state index in [2.05, 4.69) is 38.8 Å². The second-order valence-electron chi connectivity index (χ2n) is 8.80. The number of fused-ring (bicyclic) bond motifs is 1. The molecule has 0 unspecified atom stereocenters. The fourth-order valence-electron chi connectivity index (χ4n) is 5.01. The normalized spacial score (nSPS) is 20.5. The van der Waals surface area contributed by atoms with Crippen molar-refractivity contribution in [3.8, 4) is 11.4 Å². The molecule has 1 saturated carbocycles. The van der Waals surface area contributed by atoms with Gasteiger partial charge in [0, 0.05) is 29.6 Å². The molecule has 0 aliphatic heterocycles. The third kappa shape index (κ3) is 4.18. The van der Waals surface area contributed by atoms with Crippen LogP contribution in [-0.2, 0) is 12.8 Å². The van der Waals surface area contributed by atoms with Crippen molar-refractivity contribution in [2.75, 3.05) is 5.75 Å². The predicted molar refractivity (Wildman–Crippen MR) is 123 cm³/mol. The number of hydrogen-bond donors (Lipinski definition) is 0. The molecule has 3 aromatic rings. The summed E-state index contributed by atoms with van der Waals surface area (Å²) < 4.78 is 2.28. The van der Waals surface area contributed by atoms with Gasteiger partial charge in [0.1, 0.15) is 0 Å². The van der Waals surface area contributed by atoms with Crippen molar-refractivity contribution in [1.29, 1.82) is 0 Å². The lowest BCUT2D eigenvalue weighted by Crippen LogP contribution is -2.22. The van der Waals surface area contributed by atoms with Gasteiger partial charge in [-0.15, -0.1) is 10.2 Å². The Bertz CT molecular complexity index is 1080. The molecular formula is C25H28N4OS. The second-order valence-corrected chi connectivity index (χ2v) is 9.74. The number of thioether (sulfide) groups is 1. The number of Topliss-reactive ketones (excluding diaryl/α,β-unsaturated/α-hetero) is 1. The van der Waals surface area contributed by atoms with Crippen LogP contribution < -0.4 is 0 Å². The summed E-state index contributed by atoms with van der Waals surface area (Å²) in [6.45, 7) is 2.32. The highest BCUT2D eigenvalue weighted by Crippen LogP contribution is 2.39. The standard InChI is InChI=1S/C25H28N4OS/c1-17-6-2-3-10-22(17)29-24(21-9-5-13-26-15-21)27-28-25(29)31-16-23(30)20-12-11-18-7-4-8-19(18)14-20/h5,9,11-15,17,22H,2-4,6-8,10,16H2,1H3/t17-,22-/m0/s1. The first-order valence-corrected chi connectivity index (χ1v) is 12.3. The maximum absolute atomic E-state index is 13.0. The Morgan fingerprint density at radius 3 is 2.81 bits per heavy atom. The van der Waals surface area contributed by atoms with Crippen molar-refractivity contribution in [1.82, 2.24) is 19.7 Å². The SMILES string of the molecule is C[C@H]1CCCC[C@@H]1n1c(SCC(=O)c2ccc3c(c2)CCC3)nnc1-c1cccnc1. The molecule has 2 aliphatic rings. The number of benzene rings is 1. The van der Waals surface area contributed by atoms with Gasteiger partial charge in [0.05, 0.1) is 5.75 Å². The van der Waals surface area contributed by atoms with E-state index in [0.717, 1.165) is 41.4 Å². The van der Waals surface area contributed by atoms with Gasteiger partial charge in [-0.25, -0.2) is 0 Å². The molecule has 0 amide bonds. The molecule has 2 atom stereocenters. The number of carbonyl (C=O) groups excluding carboxylic acids is 1. The lowest BCUT2D eigenvalue weighted by molar-refractivity contribution is 0.102. The summed E-state index contributed by atoms with van der Waals surface area (Å²) in [5.41, 5.74) is 4.53. The van der Waals surface area contributed by atoms with Crippen LogP contribution in [0.5, 0.6) is 0 Å². The maximum Gasteiger partial charge on any atom is 0.192 e.